The Morgan fingerprint density at radius 1 is 1.20 bits per heavy atom. The summed E-state index contributed by atoms with van der Waals surface area (Å²) in [5.74, 6) is -2.48. The number of halogens is 3. The number of ether oxygens (including phenoxy) is 2. The lowest BCUT2D eigenvalue weighted by Gasteiger charge is -2.63. The van der Waals surface area contributed by atoms with E-state index in [0.29, 0.717) is 19.3 Å². The van der Waals surface area contributed by atoms with Crippen LogP contribution < -0.4 is 0 Å². The summed E-state index contributed by atoms with van der Waals surface area (Å²) in [5.41, 5.74) is -2.48. The molecule has 0 aromatic carbocycles. The van der Waals surface area contributed by atoms with Crippen molar-refractivity contribution in [3.05, 3.63) is 23.8 Å². The topological polar surface area (TPSA) is 89.9 Å². The molecule has 3 fully saturated rings. The van der Waals surface area contributed by atoms with Crippen molar-refractivity contribution >= 4 is 52.5 Å². The molecule has 6 nitrogen and oxygen atoms in total. The molecule has 0 amide bonds. The molecule has 4 aliphatic rings. The fourth-order valence-electron chi connectivity index (χ4n) is 7.73. The molecule has 0 unspecified atom stereocenters. The van der Waals surface area contributed by atoms with Gasteiger partial charge in [-0.25, -0.2) is 9.59 Å². The van der Waals surface area contributed by atoms with Gasteiger partial charge in [-0.1, -0.05) is 55.6 Å². The van der Waals surface area contributed by atoms with Gasteiger partial charge in [0.1, 0.15) is 0 Å². The van der Waals surface area contributed by atoms with Crippen molar-refractivity contribution in [3.63, 3.8) is 0 Å². The van der Waals surface area contributed by atoms with Crippen LogP contribution in [0, 0.1) is 28.6 Å². The van der Waals surface area contributed by atoms with Gasteiger partial charge >= 0.3 is 11.9 Å². The molecular weight excluding hydrogens is 515 g/mol. The highest BCUT2D eigenvalue weighted by molar-refractivity contribution is 6.53. The highest BCUT2D eigenvalue weighted by Gasteiger charge is 2.77. The van der Waals surface area contributed by atoms with Crippen LogP contribution in [-0.2, 0) is 23.9 Å². The number of aliphatic hydroxyl groups is 1. The van der Waals surface area contributed by atoms with E-state index < -0.39 is 56.2 Å². The number of hydrogen-bond acceptors (Lipinski definition) is 6. The Kier molecular flexibility index (Phi) is 6.74. The van der Waals surface area contributed by atoms with Crippen LogP contribution in [0.15, 0.2) is 23.8 Å². The van der Waals surface area contributed by atoms with Crippen LogP contribution in [-0.4, -0.2) is 50.3 Å². The minimum Gasteiger partial charge on any atom is -0.460 e. The lowest BCUT2D eigenvalue weighted by molar-refractivity contribution is -0.217. The number of carbonyl (C=O) groups is 3. The summed E-state index contributed by atoms with van der Waals surface area (Å²) in [7, 11) is 0. The number of ketones is 1. The highest BCUT2D eigenvalue weighted by Crippen LogP contribution is 2.72. The van der Waals surface area contributed by atoms with E-state index in [-0.39, 0.29) is 24.0 Å². The molecule has 194 valence electrons. The molecule has 0 spiro atoms. The van der Waals surface area contributed by atoms with E-state index in [1.54, 1.807) is 19.9 Å². The summed E-state index contributed by atoms with van der Waals surface area (Å²) >= 11 is 19.1. The van der Waals surface area contributed by atoms with Gasteiger partial charge in [0.15, 0.2) is 5.78 Å². The van der Waals surface area contributed by atoms with Crippen molar-refractivity contribution in [1.29, 1.82) is 0 Å². The Morgan fingerprint density at radius 2 is 1.86 bits per heavy atom. The summed E-state index contributed by atoms with van der Waals surface area (Å²) in [5, 5.41) is 11.7. The van der Waals surface area contributed by atoms with Gasteiger partial charge in [-0.3, -0.25) is 4.79 Å². The normalized spacial score (nSPS) is 44.4. The number of alkyl halides is 3. The molecule has 0 aliphatic heterocycles. The molecule has 9 heteroatoms. The molecule has 0 saturated heterocycles. The van der Waals surface area contributed by atoms with Gasteiger partial charge in [0.2, 0.25) is 10.4 Å². The maximum Gasteiger partial charge on any atom is 0.351 e. The van der Waals surface area contributed by atoms with Crippen LogP contribution in [0.3, 0.4) is 0 Å². The SMILES string of the molecule is CC(C)OC(=O)[C@@]1(OC(=O)C(Cl)Cl)[C@@H](C)C[C@H]2[C@@H]3CCC4=CC(=O)C=C[C@]4(C)[C@@]3(Cl)[C@@H](O)C[C@@]21C. The molecule has 0 radical (unpaired) electrons. The van der Waals surface area contributed by atoms with Crippen molar-refractivity contribution in [2.45, 2.75) is 87.8 Å². The number of allylic oxidation sites excluding steroid dienone is 4. The Balaban J connectivity index is 1.85. The molecule has 4 aliphatic carbocycles. The first-order valence-corrected chi connectivity index (χ1v) is 13.4. The van der Waals surface area contributed by atoms with Gasteiger partial charge in [0, 0.05) is 16.7 Å². The predicted molar refractivity (Wildman–Crippen MR) is 133 cm³/mol. The lowest BCUT2D eigenvalue weighted by Crippen LogP contribution is -2.69. The highest BCUT2D eigenvalue weighted by atomic mass is 35.5. The molecule has 1 N–H and O–H groups in total. The number of esters is 2. The minimum atomic E-state index is -1.68. The predicted octanol–water partition coefficient (Wildman–Crippen LogP) is 4.91. The van der Waals surface area contributed by atoms with Crippen molar-refractivity contribution in [2.24, 2.45) is 28.6 Å². The van der Waals surface area contributed by atoms with E-state index in [0.717, 1.165) is 5.57 Å². The first-order valence-electron chi connectivity index (χ1n) is 12.2. The van der Waals surface area contributed by atoms with E-state index in [9.17, 15) is 19.5 Å². The molecule has 35 heavy (non-hydrogen) atoms. The molecule has 8 atom stereocenters. The van der Waals surface area contributed by atoms with Gasteiger partial charge < -0.3 is 14.6 Å². The third kappa shape index (κ3) is 3.57. The Labute approximate surface area is 221 Å². The third-order valence-corrected chi connectivity index (χ3v) is 10.5. The number of aliphatic hydroxyl groups excluding tert-OH is 1. The number of carbonyl (C=O) groups excluding carboxylic acids is 3. The lowest BCUT2D eigenvalue weighted by atomic mass is 9.45. The first kappa shape index (κ1) is 27.0. The second-order valence-corrected chi connectivity index (χ2v) is 13.0. The maximum atomic E-state index is 13.7. The van der Waals surface area contributed by atoms with E-state index in [1.807, 2.05) is 26.8 Å². The van der Waals surface area contributed by atoms with Crippen LogP contribution in [0.25, 0.3) is 0 Å². The fraction of sp³-hybridized carbons (Fsp3) is 0.731. The average Bonchev–Trinajstić information content (AvgIpc) is 2.96. The summed E-state index contributed by atoms with van der Waals surface area (Å²) in [6, 6.07) is 0. The Morgan fingerprint density at radius 3 is 2.46 bits per heavy atom. The van der Waals surface area contributed by atoms with E-state index in [2.05, 4.69) is 0 Å². The number of fused-ring (bicyclic) bond motifs is 5. The summed E-state index contributed by atoms with van der Waals surface area (Å²) in [6.07, 6.45) is 5.38. The molecule has 0 aromatic rings. The smallest absolute Gasteiger partial charge is 0.351 e. The van der Waals surface area contributed by atoms with Gasteiger partial charge in [-0.2, -0.15) is 0 Å². The van der Waals surface area contributed by atoms with Crippen LogP contribution in [0.4, 0.5) is 0 Å². The van der Waals surface area contributed by atoms with Crippen LogP contribution in [0.2, 0.25) is 0 Å². The zero-order valence-corrected chi connectivity index (χ0v) is 22.9. The Hall–Kier alpha value is -1.08. The standard InChI is InChI=1S/C26H33Cl3O6/c1-13(2)34-22(33)26(35-21(32)20(27)28)14(3)10-18-17-7-6-15-11-16(30)8-9-23(15,4)25(17,29)19(31)12-24(18,26)5/h8-9,11,13-14,17-20,31H,6-7,10,12H2,1-5H3/t14-,17-,18-,19-,23-,24-,25-,26-/m0/s1. The van der Waals surface area contributed by atoms with Crippen LogP contribution >= 0.6 is 34.8 Å². The first-order chi connectivity index (χ1) is 16.1. The Bertz CT molecular complexity index is 1010. The molecule has 3 saturated carbocycles. The third-order valence-electron chi connectivity index (χ3n) is 9.27. The second-order valence-electron chi connectivity index (χ2n) is 11.3. The van der Waals surface area contributed by atoms with Gasteiger partial charge in [-0.15, -0.1) is 11.6 Å². The quantitative estimate of drug-likeness (QED) is 0.397. The summed E-state index contributed by atoms with van der Waals surface area (Å²) in [6.45, 7) is 9.15. The molecular formula is C26H33Cl3O6. The largest absolute Gasteiger partial charge is 0.460 e. The van der Waals surface area contributed by atoms with Crippen molar-refractivity contribution in [2.75, 3.05) is 0 Å². The summed E-state index contributed by atoms with van der Waals surface area (Å²) in [4.78, 5) is 36.0. The van der Waals surface area contributed by atoms with Gasteiger partial charge in [0.25, 0.3) is 0 Å². The minimum absolute atomic E-state index is 0.0834. The molecule has 0 bridgehead atoms. The van der Waals surface area contributed by atoms with Crippen LogP contribution in [0.1, 0.15) is 60.3 Å². The second kappa shape index (κ2) is 8.75. The van der Waals surface area contributed by atoms with Crippen molar-refractivity contribution in [1.82, 2.24) is 0 Å². The van der Waals surface area contributed by atoms with Gasteiger partial charge in [0.05, 0.1) is 17.1 Å². The monoisotopic (exact) mass is 546 g/mol. The van der Waals surface area contributed by atoms with Gasteiger partial charge in [-0.05, 0) is 63.5 Å². The van der Waals surface area contributed by atoms with E-state index in [1.165, 1.54) is 6.08 Å². The maximum absolute atomic E-state index is 13.7. The summed E-state index contributed by atoms with van der Waals surface area (Å²) < 4.78 is 11.6. The van der Waals surface area contributed by atoms with E-state index >= 15 is 0 Å². The molecule has 4 rings (SSSR count). The fourth-order valence-corrected chi connectivity index (χ4v) is 8.34. The van der Waals surface area contributed by atoms with E-state index in [4.69, 9.17) is 44.3 Å². The zero-order valence-electron chi connectivity index (χ0n) is 20.6. The number of rotatable bonds is 4. The van der Waals surface area contributed by atoms with Crippen LogP contribution in [0.5, 0.6) is 0 Å². The molecule has 0 heterocycles. The molecule has 0 aromatic heterocycles. The number of hydrogen-bond donors (Lipinski definition) is 1. The van der Waals surface area contributed by atoms with Crippen molar-refractivity contribution < 1.29 is 29.0 Å². The average molecular weight is 548 g/mol. The van der Waals surface area contributed by atoms with Crippen molar-refractivity contribution in [3.8, 4) is 0 Å². The zero-order chi connectivity index (χ0) is 26.1.